The monoisotopic (exact) mass is 175 g/mol. The van der Waals surface area contributed by atoms with Crippen molar-refractivity contribution >= 4 is 0 Å². The Kier molecular flexibility index (Phi) is 4.01. The molecule has 0 amide bonds. The summed E-state index contributed by atoms with van der Waals surface area (Å²) in [7, 11) is 0. The lowest BCUT2D eigenvalue weighted by Gasteiger charge is -2.14. The van der Waals surface area contributed by atoms with Gasteiger partial charge in [0.15, 0.2) is 0 Å². The molecule has 1 aromatic rings. The van der Waals surface area contributed by atoms with Gasteiger partial charge in [-0.1, -0.05) is 45.0 Å². The molecule has 0 fully saturated rings. The molecule has 0 nitrogen and oxygen atoms in total. The van der Waals surface area contributed by atoms with Crippen LogP contribution >= 0.6 is 0 Å². The molecule has 71 valence electrons. The van der Waals surface area contributed by atoms with Crippen molar-refractivity contribution in [3.63, 3.8) is 0 Å². The van der Waals surface area contributed by atoms with Crippen LogP contribution in [-0.2, 0) is 6.42 Å². The van der Waals surface area contributed by atoms with Gasteiger partial charge in [0.05, 0.1) is 0 Å². The third kappa shape index (κ3) is 3.63. The predicted molar refractivity (Wildman–Crippen MR) is 57.6 cm³/mol. The smallest absolute Gasteiger partial charge is 0.0184 e. The summed E-state index contributed by atoms with van der Waals surface area (Å²) < 4.78 is 0. The molecule has 1 radical (unpaired) electrons. The number of hydrogen-bond donors (Lipinski definition) is 0. The molecule has 13 heavy (non-hydrogen) atoms. The van der Waals surface area contributed by atoms with Crippen molar-refractivity contribution in [2.75, 3.05) is 0 Å². The molecule has 1 unspecified atom stereocenters. The third-order valence-electron chi connectivity index (χ3n) is 2.81. The molecule has 0 saturated carbocycles. The van der Waals surface area contributed by atoms with E-state index < -0.39 is 0 Å². The van der Waals surface area contributed by atoms with Crippen molar-refractivity contribution in [1.29, 1.82) is 0 Å². The van der Waals surface area contributed by atoms with Crippen molar-refractivity contribution in [1.82, 2.24) is 0 Å². The lowest BCUT2D eigenvalue weighted by atomic mass is 9.91. The minimum absolute atomic E-state index is 0.801. The van der Waals surface area contributed by atoms with Gasteiger partial charge in [0.2, 0.25) is 0 Å². The van der Waals surface area contributed by atoms with Crippen LogP contribution in [0.3, 0.4) is 0 Å². The predicted octanol–water partition coefficient (Wildman–Crippen LogP) is 3.71. The average molecular weight is 175 g/mol. The average Bonchev–Trinajstić information content (AvgIpc) is 2.15. The van der Waals surface area contributed by atoms with E-state index in [-0.39, 0.29) is 0 Å². The first kappa shape index (κ1) is 10.3. The van der Waals surface area contributed by atoms with Gasteiger partial charge in [-0.15, -0.1) is 0 Å². The fourth-order valence-electron chi connectivity index (χ4n) is 1.32. The topological polar surface area (TPSA) is 0 Å². The van der Waals surface area contributed by atoms with Gasteiger partial charge < -0.3 is 0 Å². The Hall–Kier alpha value is -0.780. The lowest BCUT2D eigenvalue weighted by Crippen LogP contribution is -2.04. The summed E-state index contributed by atoms with van der Waals surface area (Å²) in [6, 6.07) is 11.4. The van der Waals surface area contributed by atoms with E-state index in [1.165, 1.54) is 18.4 Å². The molecular formula is C13H19. The highest BCUT2D eigenvalue weighted by Crippen LogP contribution is 2.16. The van der Waals surface area contributed by atoms with Crippen LogP contribution in [0.5, 0.6) is 0 Å². The molecular weight excluding hydrogens is 156 g/mol. The van der Waals surface area contributed by atoms with Crippen LogP contribution in [0.4, 0.5) is 0 Å². The van der Waals surface area contributed by atoms with Gasteiger partial charge >= 0.3 is 0 Å². The second-order valence-corrected chi connectivity index (χ2v) is 4.17. The Balaban J connectivity index is 2.35. The van der Waals surface area contributed by atoms with Crippen LogP contribution in [-0.4, -0.2) is 0 Å². The van der Waals surface area contributed by atoms with E-state index in [0.717, 1.165) is 11.8 Å². The molecule has 1 atom stereocenters. The maximum Gasteiger partial charge on any atom is -0.0184 e. The van der Waals surface area contributed by atoms with E-state index in [0.29, 0.717) is 0 Å². The molecule has 0 aliphatic heterocycles. The summed E-state index contributed by atoms with van der Waals surface area (Å²) in [4.78, 5) is 0. The maximum atomic E-state index is 3.04. The van der Waals surface area contributed by atoms with Gasteiger partial charge in [0.25, 0.3) is 0 Å². The first-order chi connectivity index (χ1) is 6.20. The van der Waals surface area contributed by atoms with Crippen molar-refractivity contribution in [2.45, 2.75) is 33.6 Å². The Morgan fingerprint density at radius 3 is 2.31 bits per heavy atom. The molecule has 1 rings (SSSR count). The third-order valence-corrected chi connectivity index (χ3v) is 2.81. The Bertz CT molecular complexity index is 223. The highest BCUT2D eigenvalue weighted by molar-refractivity contribution is 5.13. The summed E-state index contributed by atoms with van der Waals surface area (Å²) in [5, 5.41) is 0. The molecule has 0 aliphatic rings. The Morgan fingerprint density at radius 2 is 1.77 bits per heavy atom. The van der Waals surface area contributed by atoms with Crippen LogP contribution in [0, 0.1) is 17.9 Å². The SMILES string of the molecule is CC(C)C(C)CCc1cc[c]cc1. The van der Waals surface area contributed by atoms with Crippen LogP contribution in [0.2, 0.25) is 0 Å². The quantitative estimate of drug-likeness (QED) is 0.654. The van der Waals surface area contributed by atoms with E-state index in [1.54, 1.807) is 0 Å². The number of hydrogen-bond acceptors (Lipinski definition) is 0. The van der Waals surface area contributed by atoms with Crippen LogP contribution < -0.4 is 0 Å². The minimum atomic E-state index is 0.801. The zero-order valence-corrected chi connectivity index (χ0v) is 8.88. The summed E-state index contributed by atoms with van der Waals surface area (Å²) >= 11 is 0. The summed E-state index contributed by atoms with van der Waals surface area (Å²) in [6.45, 7) is 6.92. The minimum Gasteiger partial charge on any atom is -0.0625 e. The van der Waals surface area contributed by atoms with E-state index >= 15 is 0 Å². The van der Waals surface area contributed by atoms with E-state index in [2.05, 4.69) is 39.0 Å². The normalized spacial score (nSPS) is 13.2. The summed E-state index contributed by atoms with van der Waals surface area (Å²) in [6.07, 6.45) is 2.50. The summed E-state index contributed by atoms with van der Waals surface area (Å²) in [5.74, 6) is 1.62. The number of rotatable bonds is 4. The van der Waals surface area contributed by atoms with Crippen molar-refractivity contribution in [2.24, 2.45) is 11.8 Å². The second kappa shape index (κ2) is 5.06. The van der Waals surface area contributed by atoms with Gasteiger partial charge in [-0.3, -0.25) is 0 Å². The number of aryl methyl sites for hydroxylation is 1. The first-order valence-corrected chi connectivity index (χ1v) is 5.15. The fraction of sp³-hybridized carbons (Fsp3) is 0.538. The van der Waals surface area contributed by atoms with Crippen LogP contribution in [0.15, 0.2) is 24.3 Å². The van der Waals surface area contributed by atoms with Crippen molar-refractivity contribution < 1.29 is 0 Å². The molecule has 1 aromatic carbocycles. The standard InChI is InChI=1S/C13H19/c1-11(2)12(3)9-10-13-7-5-4-6-8-13/h5-8,11-12H,9-10H2,1-3H3. The van der Waals surface area contributed by atoms with E-state index in [1.807, 2.05) is 12.1 Å². The van der Waals surface area contributed by atoms with Crippen LogP contribution in [0.25, 0.3) is 0 Å². The van der Waals surface area contributed by atoms with E-state index in [4.69, 9.17) is 0 Å². The van der Waals surface area contributed by atoms with Gasteiger partial charge in [0.1, 0.15) is 0 Å². The fourth-order valence-corrected chi connectivity index (χ4v) is 1.32. The molecule has 0 heteroatoms. The zero-order chi connectivity index (χ0) is 9.68. The highest BCUT2D eigenvalue weighted by atomic mass is 14.1. The summed E-state index contributed by atoms with van der Waals surface area (Å²) in [5.41, 5.74) is 1.44. The van der Waals surface area contributed by atoms with Gasteiger partial charge in [-0.05, 0) is 36.3 Å². The molecule has 0 aromatic heterocycles. The molecule has 0 N–H and O–H groups in total. The molecule has 0 saturated heterocycles. The van der Waals surface area contributed by atoms with E-state index in [9.17, 15) is 0 Å². The van der Waals surface area contributed by atoms with Gasteiger partial charge in [0, 0.05) is 0 Å². The Morgan fingerprint density at radius 1 is 1.15 bits per heavy atom. The highest BCUT2D eigenvalue weighted by Gasteiger charge is 2.06. The number of benzene rings is 1. The molecule has 0 bridgehead atoms. The lowest BCUT2D eigenvalue weighted by molar-refractivity contribution is 0.393. The maximum absolute atomic E-state index is 3.04. The largest absolute Gasteiger partial charge is 0.0625 e. The van der Waals surface area contributed by atoms with Crippen LogP contribution in [0.1, 0.15) is 32.8 Å². The molecule has 0 spiro atoms. The Labute approximate surface area is 82.0 Å². The van der Waals surface area contributed by atoms with Crippen molar-refractivity contribution in [3.8, 4) is 0 Å². The first-order valence-electron chi connectivity index (χ1n) is 5.15. The van der Waals surface area contributed by atoms with Crippen molar-refractivity contribution in [3.05, 3.63) is 35.9 Å². The molecule has 0 heterocycles. The van der Waals surface area contributed by atoms with Gasteiger partial charge in [-0.25, -0.2) is 0 Å². The molecule has 0 aliphatic carbocycles. The zero-order valence-electron chi connectivity index (χ0n) is 8.88. The van der Waals surface area contributed by atoms with Gasteiger partial charge in [-0.2, -0.15) is 0 Å². The second-order valence-electron chi connectivity index (χ2n) is 4.17.